The number of allylic oxidation sites excluding steroid dienone is 1. The number of nitrogen functional groups attached to an aromatic ring is 1. The lowest BCUT2D eigenvalue weighted by Crippen LogP contribution is -2.02. The fourth-order valence-corrected chi connectivity index (χ4v) is 3.44. The molecule has 0 spiro atoms. The van der Waals surface area contributed by atoms with Crippen molar-refractivity contribution in [3.05, 3.63) is 65.9 Å². The smallest absolute Gasteiger partial charge is 0.0558 e. The number of nitrogens with two attached hydrogens (primary N) is 1. The molecule has 0 saturated carbocycles. The van der Waals surface area contributed by atoms with E-state index in [1.165, 1.54) is 27.8 Å². The van der Waals surface area contributed by atoms with Crippen molar-refractivity contribution >= 4 is 22.7 Å². The van der Waals surface area contributed by atoms with Crippen LogP contribution in [0.3, 0.4) is 0 Å². The molecular formula is C19H18N2. The number of nitrogens with zero attached hydrogens (tertiary/aromatic N) is 1. The van der Waals surface area contributed by atoms with Crippen LogP contribution >= 0.6 is 0 Å². The lowest BCUT2D eigenvalue weighted by atomic mass is 9.90. The van der Waals surface area contributed by atoms with Crippen molar-refractivity contribution in [1.29, 1.82) is 0 Å². The van der Waals surface area contributed by atoms with Crippen molar-refractivity contribution in [3.8, 4) is 5.69 Å². The fourth-order valence-electron chi connectivity index (χ4n) is 3.44. The van der Waals surface area contributed by atoms with Gasteiger partial charge in [0.2, 0.25) is 0 Å². The van der Waals surface area contributed by atoms with Gasteiger partial charge < -0.3 is 10.3 Å². The summed E-state index contributed by atoms with van der Waals surface area (Å²) in [5.41, 5.74) is 12.2. The number of rotatable bonds is 1. The molecule has 0 radical (unpaired) electrons. The molecule has 0 fully saturated rings. The van der Waals surface area contributed by atoms with E-state index in [9.17, 15) is 0 Å². The van der Waals surface area contributed by atoms with Gasteiger partial charge in [0.15, 0.2) is 0 Å². The molecule has 1 atom stereocenters. The van der Waals surface area contributed by atoms with Gasteiger partial charge in [0, 0.05) is 16.8 Å². The van der Waals surface area contributed by atoms with E-state index in [1.54, 1.807) is 0 Å². The van der Waals surface area contributed by atoms with Crippen LogP contribution in [-0.4, -0.2) is 4.57 Å². The minimum Gasteiger partial charge on any atom is -0.398 e. The zero-order chi connectivity index (χ0) is 14.4. The topological polar surface area (TPSA) is 30.9 Å². The van der Waals surface area contributed by atoms with E-state index in [1.807, 2.05) is 12.1 Å². The van der Waals surface area contributed by atoms with E-state index in [4.69, 9.17) is 5.73 Å². The van der Waals surface area contributed by atoms with Crippen LogP contribution in [0.25, 0.3) is 22.7 Å². The molecule has 2 aromatic carbocycles. The average Bonchev–Trinajstić information content (AvgIpc) is 2.85. The monoisotopic (exact) mass is 274 g/mol. The summed E-state index contributed by atoms with van der Waals surface area (Å²) < 4.78 is 2.33. The summed E-state index contributed by atoms with van der Waals surface area (Å²) in [6.07, 6.45) is 5.58. The summed E-state index contributed by atoms with van der Waals surface area (Å²) in [4.78, 5) is 0. The van der Waals surface area contributed by atoms with Crippen molar-refractivity contribution in [2.75, 3.05) is 5.73 Å². The van der Waals surface area contributed by atoms with Gasteiger partial charge >= 0.3 is 0 Å². The highest BCUT2D eigenvalue weighted by Gasteiger charge is 2.23. The lowest BCUT2D eigenvalue weighted by Gasteiger charge is -2.16. The minimum absolute atomic E-state index is 0.502. The maximum Gasteiger partial charge on any atom is 0.0558 e. The Balaban J connectivity index is 2.17. The van der Waals surface area contributed by atoms with E-state index >= 15 is 0 Å². The molecule has 2 N–H and O–H groups in total. The quantitative estimate of drug-likeness (QED) is 0.639. The molecule has 1 heterocycles. The van der Waals surface area contributed by atoms with Crippen molar-refractivity contribution in [2.45, 2.75) is 19.3 Å². The maximum atomic E-state index is 6.30. The molecule has 0 amide bonds. The number of anilines is 1. The molecule has 2 nitrogen and oxygen atoms in total. The summed E-state index contributed by atoms with van der Waals surface area (Å²) in [5.74, 6) is 0.502. The fraction of sp³-hybridized carbons (Fsp3) is 0.158. The second-order valence-electron chi connectivity index (χ2n) is 5.75. The minimum atomic E-state index is 0.502. The first-order valence-corrected chi connectivity index (χ1v) is 7.42. The third-order valence-corrected chi connectivity index (χ3v) is 4.37. The second-order valence-corrected chi connectivity index (χ2v) is 5.75. The Morgan fingerprint density at radius 2 is 1.86 bits per heavy atom. The van der Waals surface area contributed by atoms with Gasteiger partial charge in [0.25, 0.3) is 0 Å². The molecule has 104 valence electrons. The van der Waals surface area contributed by atoms with Crippen LogP contribution in [0.5, 0.6) is 0 Å². The Morgan fingerprint density at radius 1 is 1.05 bits per heavy atom. The van der Waals surface area contributed by atoms with Gasteiger partial charge in [-0.2, -0.15) is 0 Å². The molecule has 3 aromatic rings. The highest BCUT2D eigenvalue weighted by atomic mass is 15.0. The predicted octanol–water partition coefficient (Wildman–Crippen LogP) is 4.73. The molecule has 0 saturated heterocycles. The number of para-hydroxylation sites is 1. The van der Waals surface area contributed by atoms with Gasteiger partial charge in [-0.1, -0.05) is 37.3 Å². The summed E-state index contributed by atoms with van der Waals surface area (Å²) in [6.45, 7) is 2.28. The number of aromatic nitrogens is 1. The number of benzene rings is 2. The third-order valence-electron chi connectivity index (χ3n) is 4.37. The predicted molar refractivity (Wildman–Crippen MR) is 89.8 cm³/mol. The Hall–Kier alpha value is -2.48. The largest absolute Gasteiger partial charge is 0.398 e. The van der Waals surface area contributed by atoms with Gasteiger partial charge in [-0.05, 0) is 48.2 Å². The number of hydrogen-bond donors (Lipinski definition) is 1. The zero-order valence-electron chi connectivity index (χ0n) is 12.1. The Kier molecular flexibility index (Phi) is 2.64. The summed E-state index contributed by atoms with van der Waals surface area (Å²) >= 11 is 0. The van der Waals surface area contributed by atoms with Crippen LogP contribution in [-0.2, 0) is 0 Å². The van der Waals surface area contributed by atoms with Crippen LogP contribution in [0.2, 0.25) is 0 Å². The SMILES string of the molecule is C[C@@H]1CC=Cc2c1c1c(N)cccc1n2-c1ccccc1. The Bertz CT molecular complexity index is 841. The molecule has 0 bridgehead atoms. The molecule has 0 unspecified atom stereocenters. The highest BCUT2D eigenvalue weighted by molar-refractivity contribution is 5.99. The summed E-state index contributed by atoms with van der Waals surface area (Å²) in [6, 6.07) is 16.7. The molecule has 1 aliphatic carbocycles. The van der Waals surface area contributed by atoms with Gasteiger partial charge in [-0.3, -0.25) is 0 Å². The van der Waals surface area contributed by atoms with E-state index in [0.29, 0.717) is 5.92 Å². The van der Waals surface area contributed by atoms with E-state index in [-0.39, 0.29) is 0 Å². The van der Waals surface area contributed by atoms with Crippen LogP contribution < -0.4 is 5.73 Å². The van der Waals surface area contributed by atoms with Gasteiger partial charge in [0.1, 0.15) is 0 Å². The Morgan fingerprint density at radius 3 is 2.67 bits per heavy atom. The number of hydrogen-bond acceptors (Lipinski definition) is 1. The lowest BCUT2D eigenvalue weighted by molar-refractivity contribution is 0.773. The van der Waals surface area contributed by atoms with Crippen LogP contribution in [0, 0.1) is 0 Å². The van der Waals surface area contributed by atoms with E-state index < -0.39 is 0 Å². The summed E-state index contributed by atoms with van der Waals surface area (Å²) in [7, 11) is 0. The molecule has 2 heteroatoms. The van der Waals surface area contributed by atoms with Gasteiger partial charge in [-0.15, -0.1) is 0 Å². The van der Waals surface area contributed by atoms with Crippen molar-refractivity contribution < 1.29 is 0 Å². The van der Waals surface area contributed by atoms with Crippen LogP contribution in [0.15, 0.2) is 54.6 Å². The third kappa shape index (κ3) is 1.72. The molecule has 21 heavy (non-hydrogen) atoms. The molecule has 4 rings (SSSR count). The van der Waals surface area contributed by atoms with Gasteiger partial charge in [0.05, 0.1) is 11.2 Å². The van der Waals surface area contributed by atoms with E-state index in [2.05, 4.69) is 60.0 Å². The first-order chi connectivity index (χ1) is 10.3. The zero-order valence-corrected chi connectivity index (χ0v) is 12.1. The molecule has 1 aliphatic rings. The molecule has 0 aliphatic heterocycles. The standard InChI is InChI=1S/C19H18N2/c1-13-7-5-11-16-18(13)19-15(20)10-6-12-17(19)21(16)14-8-3-2-4-9-14/h2-6,8-13H,7,20H2,1H3/t13-/m1/s1. The van der Waals surface area contributed by atoms with Crippen molar-refractivity contribution in [3.63, 3.8) is 0 Å². The molecule has 1 aromatic heterocycles. The van der Waals surface area contributed by atoms with Crippen molar-refractivity contribution in [2.24, 2.45) is 0 Å². The van der Waals surface area contributed by atoms with Gasteiger partial charge in [-0.25, -0.2) is 0 Å². The Labute approximate surface area is 124 Å². The first kappa shape index (κ1) is 12.3. The average molecular weight is 274 g/mol. The van der Waals surface area contributed by atoms with Crippen molar-refractivity contribution in [1.82, 2.24) is 4.57 Å². The van der Waals surface area contributed by atoms with Crippen LogP contribution in [0.1, 0.15) is 30.5 Å². The second kappa shape index (κ2) is 4.52. The first-order valence-electron chi connectivity index (χ1n) is 7.42. The van der Waals surface area contributed by atoms with Crippen LogP contribution in [0.4, 0.5) is 5.69 Å². The summed E-state index contributed by atoms with van der Waals surface area (Å²) in [5, 5.41) is 1.22. The van der Waals surface area contributed by atoms with E-state index in [0.717, 1.165) is 12.1 Å². The highest BCUT2D eigenvalue weighted by Crippen LogP contribution is 2.41. The maximum absolute atomic E-state index is 6.30. The normalized spacial score (nSPS) is 17.1. The number of fused-ring (bicyclic) bond motifs is 3. The molecular weight excluding hydrogens is 256 g/mol.